The summed E-state index contributed by atoms with van der Waals surface area (Å²) in [5, 5.41) is -0.0507. The highest BCUT2D eigenvalue weighted by atomic mass is 79.9. The van der Waals surface area contributed by atoms with E-state index >= 15 is 0 Å². The summed E-state index contributed by atoms with van der Waals surface area (Å²) in [6, 6.07) is 6.26. The van der Waals surface area contributed by atoms with Gasteiger partial charge in [-0.1, -0.05) is 22.9 Å². The molecule has 3 rings (SSSR count). The number of fused-ring (bicyclic) bond motifs is 1. The van der Waals surface area contributed by atoms with E-state index in [0.29, 0.717) is 0 Å². The lowest BCUT2D eigenvalue weighted by molar-refractivity contribution is 0.582. The Balaban J connectivity index is 2.09. The largest absolute Gasteiger partial charge is 0.326 e. The maximum atomic E-state index is 6.26. The molecule has 1 aromatic carbocycles. The predicted molar refractivity (Wildman–Crippen MR) is 79.0 cm³/mol. The van der Waals surface area contributed by atoms with Crippen molar-refractivity contribution >= 4 is 38.6 Å². The van der Waals surface area contributed by atoms with Gasteiger partial charge in [-0.3, -0.25) is 0 Å². The van der Waals surface area contributed by atoms with E-state index in [-0.39, 0.29) is 5.38 Å². The summed E-state index contributed by atoms with van der Waals surface area (Å²) in [5.74, 6) is 2.63. The summed E-state index contributed by atoms with van der Waals surface area (Å²) in [6.07, 6.45) is 1.33. The normalized spacial score (nSPS) is 24.4. The fourth-order valence-corrected chi connectivity index (χ4v) is 3.02. The van der Waals surface area contributed by atoms with Gasteiger partial charge >= 0.3 is 0 Å². The fourth-order valence-electron chi connectivity index (χ4n) is 2.51. The third-order valence-corrected chi connectivity index (χ3v) is 4.48. The molecule has 3 unspecified atom stereocenters. The first-order valence-corrected chi connectivity index (χ1v) is 7.59. The van der Waals surface area contributed by atoms with Crippen molar-refractivity contribution in [2.75, 3.05) is 0 Å². The molecule has 0 saturated heterocycles. The molecule has 1 saturated carbocycles. The van der Waals surface area contributed by atoms with Crippen LogP contribution in [-0.2, 0) is 6.54 Å². The van der Waals surface area contributed by atoms with E-state index in [1.54, 1.807) is 0 Å². The van der Waals surface area contributed by atoms with Gasteiger partial charge < -0.3 is 4.57 Å². The van der Waals surface area contributed by atoms with Crippen LogP contribution < -0.4 is 0 Å². The van der Waals surface area contributed by atoms with Crippen LogP contribution in [0.4, 0.5) is 0 Å². The first-order valence-electron chi connectivity index (χ1n) is 6.36. The average molecular weight is 328 g/mol. The second-order valence-electron chi connectivity index (χ2n) is 5.30. The van der Waals surface area contributed by atoms with Gasteiger partial charge in [-0.05, 0) is 43.4 Å². The maximum absolute atomic E-state index is 6.26. The number of rotatable bonds is 3. The van der Waals surface area contributed by atoms with Crippen molar-refractivity contribution in [1.82, 2.24) is 9.55 Å². The standard InChI is InChI=1S/C14H16BrClN2/c1-8-5-10(8)7-18-13-4-3-11(15)6-12(13)17-14(18)9(2)16/h3-4,6,8-10H,5,7H2,1-2H3. The predicted octanol–water partition coefficient (Wildman–Crippen LogP) is 4.75. The number of nitrogens with zero attached hydrogens (tertiary/aromatic N) is 2. The second kappa shape index (κ2) is 4.53. The lowest BCUT2D eigenvalue weighted by Crippen LogP contribution is -2.06. The minimum atomic E-state index is -0.0507. The Kier molecular flexibility index (Phi) is 3.15. The molecule has 0 amide bonds. The number of aromatic nitrogens is 2. The van der Waals surface area contributed by atoms with Gasteiger partial charge in [0.2, 0.25) is 0 Å². The van der Waals surface area contributed by atoms with E-state index in [0.717, 1.165) is 34.2 Å². The van der Waals surface area contributed by atoms with Gasteiger partial charge in [0.1, 0.15) is 5.82 Å². The molecule has 1 aliphatic carbocycles. The molecule has 1 aliphatic rings. The maximum Gasteiger partial charge on any atom is 0.127 e. The molecule has 96 valence electrons. The number of hydrogen-bond acceptors (Lipinski definition) is 1. The summed E-state index contributed by atoms with van der Waals surface area (Å²) in [4.78, 5) is 4.68. The van der Waals surface area contributed by atoms with Crippen LogP contribution in [0.3, 0.4) is 0 Å². The van der Waals surface area contributed by atoms with Gasteiger partial charge in [0, 0.05) is 11.0 Å². The molecule has 2 nitrogen and oxygen atoms in total. The summed E-state index contributed by atoms with van der Waals surface area (Å²) in [7, 11) is 0. The van der Waals surface area contributed by atoms with Gasteiger partial charge in [0.05, 0.1) is 16.4 Å². The summed E-state index contributed by atoms with van der Waals surface area (Å²) >= 11 is 9.76. The first-order chi connectivity index (χ1) is 8.56. The monoisotopic (exact) mass is 326 g/mol. The van der Waals surface area contributed by atoms with Crippen molar-refractivity contribution in [3.8, 4) is 0 Å². The van der Waals surface area contributed by atoms with Crippen molar-refractivity contribution in [2.24, 2.45) is 11.8 Å². The van der Waals surface area contributed by atoms with Crippen molar-refractivity contribution in [2.45, 2.75) is 32.2 Å². The van der Waals surface area contributed by atoms with Crippen LogP contribution in [0.2, 0.25) is 0 Å². The molecule has 0 spiro atoms. The second-order valence-corrected chi connectivity index (χ2v) is 6.87. The van der Waals surface area contributed by atoms with Crippen molar-refractivity contribution in [1.29, 1.82) is 0 Å². The van der Waals surface area contributed by atoms with Crippen LogP contribution in [0.1, 0.15) is 31.5 Å². The Labute approximate surface area is 120 Å². The minimum Gasteiger partial charge on any atom is -0.326 e. The van der Waals surface area contributed by atoms with E-state index in [1.165, 1.54) is 11.9 Å². The smallest absolute Gasteiger partial charge is 0.127 e. The highest BCUT2D eigenvalue weighted by Gasteiger charge is 2.33. The summed E-state index contributed by atoms with van der Waals surface area (Å²) in [6.45, 7) is 5.35. The Morgan fingerprint density at radius 3 is 2.89 bits per heavy atom. The molecule has 1 heterocycles. The Bertz CT molecular complexity index is 591. The van der Waals surface area contributed by atoms with E-state index < -0.39 is 0 Å². The van der Waals surface area contributed by atoms with Gasteiger partial charge in [-0.25, -0.2) is 4.98 Å². The molecule has 0 N–H and O–H groups in total. The molecule has 0 bridgehead atoms. The number of halogens is 2. The highest BCUT2D eigenvalue weighted by molar-refractivity contribution is 9.10. The molecule has 1 aromatic heterocycles. The number of alkyl halides is 1. The topological polar surface area (TPSA) is 17.8 Å². The van der Waals surface area contributed by atoms with Crippen LogP contribution >= 0.6 is 27.5 Å². The lowest BCUT2D eigenvalue weighted by atomic mass is 10.3. The number of benzene rings is 1. The van der Waals surface area contributed by atoms with Crippen LogP contribution in [0.25, 0.3) is 11.0 Å². The average Bonchev–Trinajstić information content (AvgIpc) is 2.87. The van der Waals surface area contributed by atoms with Crippen molar-refractivity contribution in [3.63, 3.8) is 0 Å². The third-order valence-electron chi connectivity index (χ3n) is 3.79. The molecule has 0 aliphatic heterocycles. The zero-order chi connectivity index (χ0) is 12.9. The minimum absolute atomic E-state index is 0.0507. The van der Waals surface area contributed by atoms with Gasteiger partial charge in [-0.15, -0.1) is 11.6 Å². The van der Waals surface area contributed by atoms with E-state index in [1.807, 2.05) is 6.92 Å². The zero-order valence-corrected chi connectivity index (χ0v) is 12.9. The fraction of sp³-hybridized carbons (Fsp3) is 0.500. The SMILES string of the molecule is CC(Cl)c1nc2cc(Br)ccc2n1CC1CC1C. The van der Waals surface area contributed by atoms with E-state index in [4.69, 9.17) is 11.6 Å². The summed E-state index contributed by atoms with van der Waals surface area (Å²) in [5.41, 5.74) is 2.22. The summed E-state index contributed by atoms with van der Waals surface area (Å²) < 4.78 is 3.36. The van der Waals surface area contributed by atoms with Gasteiger partial charge in [0.15, 0.2) is 0 Å². The Morgan fingerprint density at radius 1 is 1.56 bits per heavy atom. The quantitative estimate of drug-likeness (QED) is 0.744. The molecule has 1 fully saturated rings. The van der Waals surface area contributed by atoms with E-state index in [9.17, 15) is 0 Å². The molecular formula is C14H16BrClN2. The molecule has 0 radical (unpaired) electrons. The van der Waals surface area contributed by atoms with E-state index in [2.05, 4.69) is 50.6 Å². The van der Waals surface area contributed by atoms with Crippen LogP contribution in [0.15, 0.2) is 22.7 Å². The van der Waals surface area contributed by atoms with Crippen LogP contribution in [0, 0.1) is 11.8 Å². The number of imidazole rings is 1. The highest BCUT2D eigenvalue weighted by Crippen LogP contribution is 2.40. The third kappa shape index (κ3) is 2.19. The zero-order valence-electron chi connectivity index (χ0n) is 10.5. The molecule has 3 atom stereocenters. The molecule has 4 heteroatoms. The molecule has 18 heavy (non-hydrogen) atoms. The van der Waals surface area contributed by atoms with Crippen LogP contribution in [-0.4, -0.2) is 9.55 Å². The lowest BCUT2D eigenvalue weighted by Gasteiger charge is -2.10. The number of hydrogen-bond donors (Lipinski definition) is 0. The Hall–Kier alpha value is -0.540. The van der Waals surface area contributed by atoms with Gasteiger partial charge in [0.25, 0.3) is 0 Å². The van der Waals surface area contributed by atoms with Crippen molar-refractivity contribution < 1.29 is 0 Å². The van der Waals surface area contributed by atoms with Crippen LogP contribution in [0.5, 0.6) is 0 Å². The van der Waals surface area contributed by atoms with Crippen molar-refractivity contribution in [3.05, 3.63) is 28.5 Å². The molecule has 2 aromatic rings. The Morgan fingerprint density at radius 2 is 2.28 bits per heavy atom. The molecular weight excluding hydrogens is 312 g/mol. The first kappa shape index (κ1) is 12.5. The van der Waals surface area contributed by atoms with Gasteiger partial charge in [-0.2, -0.15) is 0 Å².